The van der Waals surface area contributed by atoms with Gasteiger partial charge >= 0.3 is 0 Å². The number of nitrogens with one attached hydrogen (secondary N) is 1. The highest BCUT2D eigenvalue weighted by Gasteiger charge is 2.29. The molecule has 0 bridgehead atoms. The van der Waals surface area contributed by atoms with E-state index in [-0.39, 0.29) is 0 Å². The molecule has 1 N–H and O–H groups in total. The van der Waals surface area contributed by atoms with Crippen molar-refractivity contribution < 1.29 is 0 Å². The van der Waals surface area contributed by atoms with Crippen molar-refractivity contribution in [3.63, 3.8) is 0 Å². The third kappa shape index (κ3) is 2.69. The molecule has 24 heavy (non-hydrogen) atoms. The quantitative estimate of drug-likeness (QED) is 0.791. The minimum absolute atomic E-state index is 0.318. The molecule has 1 aromatic heterocycles. The van der Waals surface area contributed by atoms with Crippen LogP contribution in [0.5, 0.6) is 0 Å². The maximum absolute atomic E-state index is 4.66. The monoisotopic (exact) mass is 317 g/mol. The lowest BCUT2D eigenvalue weighted by atomic mass is 10.1. The van der Waals surface area contributed by atoms with Gasteiger partial charge in [0.25, 0.3) is 5.95 Å². The van der Waals surface area contributed by atoms with Crippen LogP contribution in [0, 0.1) is 6.92 Å². The number of fused-ring (bicyclic) bond motifs is 1. The Balaban J connectivity index is 1.64. The Labute approximate surface area is 141 Å². The Bertz CT molecular complexity index is 860. The molecule has 5 heteroatoms. The largest absolute Gasteiger partial charge is 0.339 e. The topological polar surface area (TPSA) is 53.9 Å². The van der Waals surface area contributed by atoms with Crippen molar-refractivity contribution in [2.24, 2.45) is 0 Å². The minimum Gasteiger partial charge on any atom is -0.339 e. The predicted molar refractivity (Wildman–Crippen MR) is 96.0 cm³/mol. The molecule has 0 fully saturated rings. The van der Waals surface area contributed by atoms with Crippen LogP contribution in [0.25, 0.3) is 0 Å². The van der Waals surface area contributed by atoms with Crippen molar-refractivity contribution in [2.75, 3.05) is 10.2 Å². The second-order valence-corrected chi connectivity index (χ2v) is 6.18. The molecule has 0 aliphatic carbocycles. The van der Waals surface area contributed by atoms with E-state index in [1.54, 1.807) is 6.20 Å². The molecule has 120 valence electrons. The van der Waals surface area contributed by atoms with Crippen molar-refractivity contribution in [1.29, 1.82) is 0 Å². The molecule has 1 aliphatic rings. The summed E-state index contributed by atoms with van der Waals surface area (Å²) in [5, 5.41) is 11.7. The van der Waals surface area contributed by atoms with Crippen molar-refractivity contribution in [2.45, 2.75) is 26.3 Å². The fourth-order valence-electron chi connectivity index (χ4n) is 3.11. The molecule has 0 amide bonds. The second kappa shape index (κ2) is 5.92. The van der Waals surface area contributed by atoms with Crippen LogP contribution in [0.15, 0.2) is 54.7 Å². The highest BCUT2D eigenvalue weighted by atomic mass is 15.4. The molecule has 2 heterocycles. The smallest absolute Gasteiger partial charge is 0.252 e. The number of aryl methyl sites for hydroxylation is 1. The summed E-state index contributed by atoms with van der Waals surface area (Å²) in [6, 6.07) is 16.9. The molecule has 0 saturated heterocycles. The molecule has 5 nitrogen and oxygen atoms in total. The first-order chi connectivity index (χ1) is 11.7. The molecule has 1 unspecified atom stereocenters. The zero-order valence-corrected chi connectivity index (χ0v) is 13.8. The molecule has 0 saturated carbocycles. The first-order valence-corrected chi connectivity index (χ1v) is 8.11. The second-order valence-electron chi connectivity index (χ2n) is 6.18. The van der Waals surface area contributed by atoms with Crippen molar-refractivity contribution in [3.8, 4) is 0 Å². The molecule has 3 aromatic rings. The SMILES string of the molecule is Cc1ccc(Nc2cnnc(N3c4ccccc4CC3C)n2)cc1. The number of rotatable bonds is 3. The van der Waals surface area contributed by atoms with Gasteiger partial charge in [0.1, 0.15) is 0 Å². The summed E-state index contributed by atoms with van der Waals surface area (Å²) < 4.78 is 0. The normalized spacial score (nSPS) is 16.1. The lowest BCUT2D eigenvalue weighted by molar-refractivity contribution is 0.730. The van der Waals surface area contributed by atoms with Crippen LogP contribution in [-0.2, 0) is 6.42 Å². The number of anilines is 4. The van der Waals surface area contributed by atoms with E-state index in [1.165, 1.54) is 16.8 Å². The van der Waals surface area contributed by atoms with Crippen LogP contribution >= 0.6 is 0 Å². The summed E-state index contributed by atoms with van der Waals surface area (Å²) in [7, 11) is 0. The van der Waals surface area contributed by atoms with Crippen LogP contribution in [0.3, 0.4) is 0 Å². The molecule has 4 rings (SSSR count). The van der Waals surface area contributed by atoms with Gasteiger partial charge in [-0.25, -0.2) is 0 Å². The fraction of sp³-hybridized carbons (Fsp3) is 0.211. The summed E-state index contributed by atoms with van der Waals surface area (Å²) in [6.45, 7) is 4.25. The lowest BCUT2D eigenvalue weighted by Crippen LogP contribution is -2.26. The van der Waals surface area contributed by atoms with Gasteiger partial charge in [0.15, 0.2) is 5.82 Å². The zero-order valence-electron chi connectivity index (χ0n) is 13.8. The average molecular weight is 317 g/mol. The van der Waals surface area contributed by atoms with Crippen LogP contribution in [-0.4, -0.2) is 21.2 Å². The van der Waals surface area contributed by atoms with Crippen molar-refractivity contribution in [3.05, 3.63) is 65.9 Å². The van der Waals surface area contributed by atoms with Crippen LogP contribution < -0.4 is 10.2 Å². The number of benzene rings is 2. The van der Waals surface area contributed by atoms with Crippen LogP contribution in [0.2, 0.25) is 0 Å². The summed E-state index contributed by atoms with van der Waals surface area (Å²) in [6.07, 6.45) is 2.64. The summed E-state index contributed by atoms with van der Waals surface area (Å²) in [5.74, 6) is 1.32. The van der Waals surface area contributed by atoms with Gasteiger partial charge in [-0.3, -0.25) is 0 Å². The standard InChI is InChI=1S/C19H19N5/c1-13-7-9-16(10-8-13)21-18-12-20-23-19(22-18)24-14(2)11-15-5-3-4-6-17(15)24/h3-10,12,14H,11H2,1-2H3,(H,21,22,23). The van der Waals surface area contributed by atoms with E-state index in [0.717, 1.165) is 12.1 Å². The molecule has 1 atom stereocenters. The summed E-state index contributed by atoms with van der Waals surface area (Å²) in [4.78, 5) is 6.82. The molecule has 0 spiro atoms. The van der Waals surface area contributed by atoms with E-state index in [4.69, 9.17) is 0 Å². The number of para-hydroxylation sites is 1. The maximum Gasteiger partial charge on any atom is 0.252 e. The van der Waals surface area contributed by atoms with Crippen LogP contribution in [0.4, 0.5) is 23.1 Å². The van der Waals surface area contributed by atoms with E-state index in [2.05, 4.69) is 69.6 Å². The molecule has 2 aromatic carbocycles. The third-order valence-electron chi connectivity index (χ3n) is 4.29. The average Bonchev–Trinajstić information content (AvgIpc) is 2.93. The lowest BCUT2D eigenvalue weighted by Gasteiger charge is -2.22. The molecule has 1 aliphatic heterocycles. The Kier molecular flexibility index (Phi) is 3.61. The van der Waals surface area contributed by atoms with Crippen LogP contribution in [0.1, 0.15) is 18.1 Å². The molecular formula is C19H19N5. The van der Waals surface area contributed by atoms with Gasteiger partial charge in [-0.2, -0.15) is 10.1 Å². The first kappa shape index (κ1) is 14.6. The number of nitrogens with zero attached hydrogens (tertiary/aromatic N) is 4. The predicted octanol–water partition coefficient (Wildman–Crippen LogP) is 4.01. The van der Waals surface area contributed by atoms with E-state index in [9.17, 15) is 0 Å². The van der Waals surface area contributed by atoms with E-state index >= 15 is 0 Å². The Morgan fingerprint density at radius 3 is 2.71 bits per heavy atom. The highest BCUT2D eigenvalue weighted by molar-refractivity contribution is 5.67. The van der Waals surface area contributed by atoms with Crippen molar-refractivity contribution >= 4 is 23.1 Å². The number of hydrogen-bond donors (Lipinski definition) is 1. The fourth-order valence-corrected chi connectivity index (χ4v) is 3.11. The van der Waals surface area contributed by atoms with Gasteiger partial charge in [0.2, 0.25) is 0 Å². The van der Waals surface area contributed by atoms with E-state index in [0.29, 0.717) is 17.8 Å². The minimum atomic E-state index is 0.318. The van der Waals surface area contributed by atoms with Crippen molar-refractivity contribution in [1.82, 2.24) is 15.2 Å². The van der Waals surface area contributed by atoms with Gasteiger partial charge in [-0.05, 0) is 44.0 Å². The number of hydrogen-bond acceptors (Lipinski definition) is 5. The van der Waals surface area contributed by atoms with E-state index in [1.807, 2.05) is 18.2 Å². The Morgan fingerprint density at radius 1 is 1.08 bits per heavy atom. The van der Waals surface area contributed by atoms with E-state index < -0.39 is 0 Å². The van der Waals surface area contributed by atoms with Gasteiger partial charge < -0.3 is 10.2 Å². The summed E-state index contributed by atoms with van der Waals surface area (Å²) in [5.41, 5.74) is 4.70. The zero-order chi connectivity index (χ0) is 16.5. The molecule has 0 radical (unpaired) electrons. The summed E-state index contributed by atoms with van der Waals surface area (Å²) >= 11 is 0. The Hall–Kier alpha value is -2.95. The highest BCUT2D eigenvalue weighted by Crippen LogP contribution is 2.36. The van der Waals surface area contributed by atoms with Gasteiger partial charge in [-0.15, -0.1) is 5.10 Å². The maximum atomic E-state index is 4.66. The molecular weight excluding hydrogens is 298 g/mol. The van der Waals surface area contributed by atoms with Gasteiger partial charge in [0, 0.05) is 17.4 Å². The number of aromatic nitrogens is 3. The Morgan fingerprint density at radius 2 is 1.88 bits per heavy atom. The first-order valence-electron chi connectivity index (χ1n) is 8.11. The van der Waals surface area contributed by atoms with Gasteiger partial charge in [0.05, 0.1) is 6.20 Å². The third-order valence-corrected chi connectivity index (χ3v) is 4.29. The van der Waals surface area contributed by atoms with Gasteiger partial charge in [-0.1, -0.05) is 35.9 Å².